The second kappa shape index (κ2) is 4.27. The van der Waals surface area contributed by atoms with Crippen LogP contribution in [0.15, 0.2) is 48.3 Å². The monoisotopic (exact) mass is 214 g/mol. The third kappa shape index (κ3) is 2.16. The Balaban J connectivity index is 2.47. The topological polar surface area (TPSA) is 17.1 Å². The summed E-state index contributed by atoms with van der Waals surface area (Å²) >= 11 is 0. The fourth-order valence-electron chi connectivity index (χ4n) is 1.55. The number of Topliss-reactive ketones (excluding diaryl/α,β-unsaturated/α-hetero) is 1. The molecule has 0 spiro atoms. The number of ketones is 1. The van der Waals surface area contributed by atoms with Crippen molar-refractivity contribution in [3.05, 3.63) is 53.9 Å². The standard InChI is InChI=1S/C14H11FO/c1-10(16)14(15)9-11-6-7-12-4-2-3-5-13(12)8-11/h2-9H,1H3/b14-9-. The van der Waals surface area contributed by atoms with E-state index in [1.54, 1.807) is 6.07 Å². The molecule has 2 aromatic rings. The Kier molecular flexibility index (Phi) is 2.82. The van der Waals surface area contributed by atoms with Gasteiger partial charge in [0.25, 0.3) is 0 Å². The van der Waals surface area contributed by atoms with Crippen LogP contribution in [0.1, 0.15) is 12.5 Å². The molecule has 2 rings (SSSR count). The van der Waals surface area contributed by atoms with Crippen molar-refractivity contribution in [3.63, 3.8) is 0 Å². The first-order chi connectivity index (χ1) is 7.66. The van der Waals surface area contributed by atoms with Gasteiger partial charge in [0, 0.05) is 6.92 Å². The molecule has 1 nitrogen and oxygen atoms in total. The van der Waals surface area contributed by atoms with Crippen LogP contribution in [0.25, 0.3) is 16.8 Å². The minimum absolute atomic E-state index is 0.548. The molecule has 0 saturated heterocycles. The molecule has 0 heterocycles. The number of hydrogen-bond donors (Lipinski definition) is 0. The predicted octanol–water partition coefficient (Wildman–Crippen LogP) is 3.74. The molecule has 80 valence electrons. The van der Waals surface area contributed by atoms with Gasteiger partial charge in [-0.3, -0.25) is 4.79 Å². The van der Waals surface area contributed by atoms with Crippen LogP contribution in [0.3, 0.4) is 0 Å². The van der Waals surface area contributed by atoms with Crippen LogP contribution in [-0.4, -0.2) is 5.78 Å². The van der Waals surface area contributed by atoms with E-state index in [-0.39, 0.29) is 0 Å². The van der Waals surface area contributed by atoms with Gasteiger partial charge in [0.05, 0.1) is 0 Å². The van der Waals surface area contributed by atoms with Gasteiger partial charge in [-0.25, -0.2) is 4.39 Å². The van der Waals surface area contributed by atoms with E-state index < -0.39 is 11.6 Å². The van der Waals surface area contributed by atoms with Gasteiger partial charge in [-0.05, 0) is 28.5 Å². The van der Waals surface area contributed by atoms with Crippen molar-refractivity contribution in [1.82, 2.24) is 0 Å². The van der Waals surface area contributed by atoms with Crippen LogP contribution in [-0.2, 0) is 4.79 Å². The van der Waals surface area contributed by atoms with Gasteiger partial charge in [-0.2, -0.15) is 0 Å². The Bertz CT molecular complexity index is 570. The third-order valence-electron chi connectivity index (χ3n) is 2.40. The van der Waals surface area contributed by atoms with E-state index in [4.69, 9.17) is 0 Å². The average Bonchev–Trinajstić information content (AvgIpc) is 2.28. The molecule has 0 bridgehead atoms. The lowest BCUT2D eigenvalue weighted by molar-refractivity contribution is -0.114. The van der Waals surface area contributed by atoms with Gasteiger partial charge < -0.3 is 0 Å². The first kappa shape index (κ1) is 10.6. The van der Waals surface area contributed by atoms with Crippen LogP contribution in [0.2, 0.25) is 0 Å². The maximum Gasteiger partial charge on any atom is 0.188 e. The number of carbonyl (C=O) groups is 1. The first-order valence-electron chi connectivity index (χ1n) is 5.04. The Morgan fingerprint density at radius 3 is 2.50 bits per heavy atom. The summed E-state index contributed by atoms with van der Waals surface area (Å²) < 4.78 is 13.1. The zero-order chi connectivity index (χ0) is 11.5. The number of fused-ring (bicyclic) bond motifs is 1. The normalized spacial score (nSPS) is 11.8. The van der Waals surface area contributed by atoms with E-state index in [9.17, 15) is 9.18 Å². The first-order valence-corrected chi connectivity index (χ1v) is 5.04. The zero-order valence-corrected chi connectivity index (χ0v) is 8.91. The zero-order valence-electron chi connectivity index (χ0n) is 8.91. The lowest BCUT2D eigenvalue weighted by Gasteiger charge is -1.99. The molecule has 0 radical (unpaired) electrons. The summed E-state index contributed by atoms with van der Waals surface area (Å²) in [6.07, 6.45) is 1.26. The van der Waals surface area contributed by atoms with Crippen LogP contribution in [0.5, 0.6) is 0 Å². The van der Waals surface area contributed by atoms with Crippen molar-refractivity contribution in [2.75, 3.05) is 0 Å². The van der Waals surface area contributed by atoms with E-state index in [0.717, 1.165) is 10.8 Å². The average molecular weight is 214 g/mol. The van der Waals surface area contributed by atoms with Gasteiger partial charge >= 0.3 is 0 Å². The third-order valence-corrected chi connectivity index (χ3v) is 2.40. The van der Waals surface area contributed by atoms with Crippen molar-refractivity contribution in [3.8, 4) is 0 Å². The summed E-state index contributed by atoms with van der Waals surface area (Å²) in [6.45, 7) is 1.22. The molecule has 0 amide bonds. The second-order valence-corrected chi connectivity index (χ2v) is 3.66. The Hall–Kier alpha value is -1.96. The molecule has 2 aromatic carbocycles. The SMILES string of the molecule is CC(=O)/C(F)=C/c1ccc2ccccc2c1. The lowest BCUT2D eigenvalue weighted by Crippen LogP contribution is -1.89. The van der Waals surface area contributed by atoms with E-state index in [2.05, 4.69) is 0 Å². The number of benzene rings is 2. The summed E-state index contributed by atoms with van der Waals surface area (Å²) in [5.41, 5.74) is 0.700. The van der Waals surface area contributed by atoms with E-state index in [1.165, 1.54) is 13.0 Å². The summed E-state index contributed by atoms with van der Waals surface area (Å²) in [5, 5.41) is 2.13. The van der Waals surface area contributed by atoms with Crippen LogP contribution >= 0.6 is 0 Å². The number of carbonyl (C=O) groups excluding carboxylic acids is 1. The molecular weight excluding hydrogens is 203 g/mol. The molecule has 0 aliphatic heterocycles. The highest BCUT2D eigenvalue weighted by Gasteiger charge is 2.01. The highest BCUT2D eigenvalue weighted by Crippen LogP contribution is 2.17. The maximum absolute atomic E-state index is 13.1. The summed E-state index contributed by atoms with van der Waals surface area (Å²) in [5.74, 6) is -1.26. The minimum Gasteiger partial charge on any atom is -0.292 e. The van der Waals surface area contributed by atoms with Crippen LogP contribution in [0.4, 0.5) is 4.39 Å². The predicted molar refractivity (Wildman–Crippen MR) is 63.7 cm³/mol. The second-order valence-electron chi connectivity index (χ2n) is 3.66. The summed E-state index contributed by atoms with van der Waals surface area (Å²) in [7, 11) is 0. The molecule has 0 unspecified atom stereocenters. The smallest absolute Gasteiger partial charge is 0.188 e. The minimum atomic E-state index is -0.713. The van der Waals surface area contributed by atoms with E-state index in [1.807, 2.05) is 36.4 Å². The molecule has 0 fully saturated rings. The van der Waals surface area contributed by atoms with Crippen molar-refractivity contribution in [2.45, 2.75) is 6.92 Å². The summed E-state index contributed by atoms with van der Waals surface area (Å²) in [6, 6.07) is 13.4. The molecule has 0 aromatic heterocycles. The van der Waals surface area contributed by atoms with Gasteiger partial charge in [0.2, 0.25) is 0 Å². The molecule has 0 atom stereocenters. The number of hydrogen-bond acceptors (Lipinski definition) is 1. The molecule has 16 heavy (non-hydrogen) atoms. The van der Waals surface area contributed by atoms with E-state index in [0.29, 0.717) is 5.56 Å². The Labute approximate surface area is 93.2 Å². The number of allylic oxidation sites excluding steroid dienone is 1. The van der Waals surface area contributed by atoms with Crippen molar-refractivity contribution in [1.29, 1.82) is 0 Å². The van der Waals surface area contributed by atoms with Gasteiger partial charge in [0.1, 0.15) is 0 Å². The van der Waals surface area contributed by atoms with Crippen LogP contribution < -0.4 is 0 Å². The van der Waals surface area contributed by atoms with Gasteiger partial charge in [-0.15, -0.1) is 0 Å². The maximum atomic E-state index is 13.1. The molecule has 0 N–H and O–H groups in total. The molecule has 0 aliphatic carbocycles. The highest BCUT2D eigenvalue weighted by atomic mass is 19.1. The van der Waals surface area contributed by atoms with Crippen molar-refractivity contribution < 1.29 is 9.18 Å². The molecular formula is C14H11FO. The van der Waals surface area contributed by atoms with Crippen molar-refractivity contribution in [2.24, 2.45) is 0 Å². The van der Waals surface area contributed by atoms with Gasteiger partial charge in [0.15, 0.2) is 11.6 Å². The molecule has 0 saturated carbocycles. The van der Waals surface area contributed by atoms with E-state index >= 15 is 0 Å². The van der Waals surface area contributed by atoms with Crippen molar-refractivity contribution >= 4 is 22.6 Å². The Morgan fingerprint density at radius 2 is 1.81 bits per heavy atom. The molecule has 0 aliphatic rings. The molecule has 2 heteroatoms. The number of halogens is 1. The fraction of sp³-hybridized carbons (Fsp3) is 0.0714. The highest BCUT2D eigenvalue weighted by molar-refractivity contribution is 5.96. The van der Waals surface area contributed by atoms with Crippen LogP contribution in [0, 0.1) is 0 Å². The largest absolute Gasteiger partial charge is 0.292 e. The summed E-state index contributed by atoms with van der Waals surface area (Å²) in [4.78, 5) is 10.8. The quantitative estimate of drug-likeness (QED) is 0.696. The fourth-order valence-corrected chi connectivity index (χ4v) is 1.55. The lowest BCUT2D eigenvalue weighted by atomic mass is 10.1. The Morgan fingerprint density at radius 1 is 1.12 bits per heavy atom. The number of rotatable bonds is 2. The van der Waals surface area contributed by atoms with Gasteiger partial charge in [-0.1, -0.05) is 36.4 Å².